The highest BCUT2D eigenvalue weighted by Crippen LogP contribution is 2.38. The number of hydrogen-bond acceptors (Lipinski definition) is 0. The minimum Gasteiger partial charge on any atom is -0.0622 e. The van der Waals surface area contributed by atoms with Gasteiger partial charge in [-0.1, -0.05) is 109 Å². The molecule has 0 radical (unpaired) electrons. The molecular formula is C29H22. The van der Waals surface area contributed by atoms with Gasteiger partial charge in [0.05, 0.1) is 0 Å². The minimum absolute atomic E-state index is 1.02. The van der Waals surface area contributed by atoms with E-state index in [9.17, 15) is 0 Å². The zero-order valence-electron chi connectivity index (χ0n) is 16.3. The highest BCUT2D eigenvalue weighted by molar-refractivity contribution is 5.83. The Kier molecular flexibility index (Phi) is 4.68. The Morgan fingerprint density at radius 2 is 0.828 bits per heavy atom. The standard InChI is InChI=1S/C29H22/c1-3-7-22(8-4-1)11-13-24-15-17-26-21-27-18-16-25(20-29(27)28(26)19-24)14-12-23-9-5-2-6-10-23/h1-20H,21H2/b13-11+,14-12+. The van der Waals surface area contributed by atoms with E-state index in [4.69, 9.17) is 0 Å². The van der Waals surface area contributed by atoms with Gasteiger partial charge in [-0.25, -0.2) is 0 Å². The van der Waals surface area contributed by atoms with E-state index in [-0.39, 0.29) is 0 Å². The molecule has 4 aromatic rings. The van der Waals surface area contributed by atoms with Gasteiger partial charge >= 0.3 is 0 Å². The first-order chi connectivity index (χ1) is 14.3. The molecule has 138 valence electrons. The molecule has 0 amide bonds. The second kappa shape index (κ2) is 7.77. The first-order valence-corrected chi connectivity index (χ1v) is 10.1. The van der Waals surface area contributed by atoms with E-state index in [0.717, 1.165) is 6.42 Å². The molecule has 0 heterocycles. The lowest BCUT2D eigenvalue weighted by Crippen LogP contribution is -1.81. The van der Waals surface area contributed by atoms with Gasteiger partial charge in [0.25, 0.3) is 0 Å². The average Bonchev–Trinajstić information content (AvgIpc) is 3.15. The van der Waals surface area contributed by atoms with Gasteiger partial charge in [-0.15, -0.1) is 0 Å². The van der Waals surface area contributed by atoms with Crippen LogP contribution >= 0.6 is 0 Å². The van der Waals surface area contributed by atoms with Crippen molar-refractivity contribution in [1.29, 1.82) is 0 Å². The van der Waals surface area contributed by atoms with E-state index in [1.807, 2.05) is 12.1 Å². The molecule has 0 bridgehead atoms. The van der Waals surface area contributed by atoms with Gasteiger partial charge in [0.2, 0.25) is 0 Å². The van der Waals surface area contributed by atoms with Crippen LogP contribution in [0.4, 0.5) is 0 Å². The predicted octanol–water partition coefficient (Wildman–Crippen LogP) is 7.60. The van der Waals surface area contributed by atoms with E-state index in [0.29, 0.717) is 0 Å². The molecule has 0 saturated heterocycles. The van der Waals surface area contributed by atoms with Crippen LogP contribution in [0, 0.1) is 0 Å². The Hall–Kier alpha value is -3.64. The first kappa shape index (κ1) is 17.5. The van der Waals surface area contributed by atoms with Crippen molar-refractivity contribution in [1.82, 2.24) is 0 Å². The molecule has 0 aromatic heterocycles. The number of fused-ring (bicyclic) bond motifs is 3. The monoisotopic (exact) mass is 370 g/mol. The lowest BCUT2D eigenvalue weighted by molar-refractivity contribution is 1.26. The molecule has 0 spiro atoms. The van der Waals surface area contributed by atoms with Crippen LogP contribution < -0.4 is 0 Å². The zero-order chi connectivity index (χ0) is 19.5. The summed E-state index contributed by atoms with van der Waals surface area (Å²) in [5.41, 5.74) is 10.5. The molecular weight excluding hydrogens is 348 g/mol. The van der Waals surface area contributed by atoms with Crippen LogP contribution in [0.3, 0.4) is 0 Å². The van der Waals surface area contributed by atoms with E-state index in [2.05, 4.69) is 109 Å². The van der Waals surface area contributed by atoms with Crippen molar-refractivity contribution in [2.75, 3.05) is 0 Å². The molecule has 0 N–H and O–H groups in total. The molecule has 0 aliphatic heterocycles. The van der Waals surface area contributed by atoms with Crippen LogP contribution in [-0.4, -0.2) is 0 Å². The van der Waals surface area contributed by atoms with Crippen LogP contribution in [0.1, 0.15) is 33.4 Å². The van der Waals surface area contributed by atoms with Gasteiger partial charge in [-0.3, -0.25) is 0 Å². The van der Waals surface area contributed by atoms with Crippen molar-refractivity contribution in [2.24, 2.45) is 0 Å². The summed E-state index contributed by atoms with van der Waals surface area (Å²) in [6.45, 7) is 0. The van der Waals surface area contributed by atoms with Crippen LogP contribution in [0.25, 0.3) is 35.4 Å². The topological polar surface area (TPSA) is 0 Å². The van der Waals surface area contributed by atoms with Gasteiger partial charge in [-0.05, 0) is 63.1 Å². The number of hydrogen-bond donors (Lipinski definition) is 0. The van der Waals surface area contributed by atoms with Gasteiger partial charge in [0.15, 0.2) is 0 Å². The van der Waals surface area contributed by atoms with Gasteiger partial charge in [0, 0.05) is 0 Å². The van der Waals surface area contributed by atoms with Gasteiger partial charge in [0.1, 0.15) is 0 Å². The van der Waals surface area contributed by atoms with Crippen LogP contribution in [0.2, 0.25) is 0 Å². The summed E-state index contributed by atoms with van der Waals surface area (Å²) >= 11 is 0. The Labute approximate surface area is 172 Å². The SMILES string of the molecule is C(=C\c1ccc2c(c1)-c1cc(/C=C/c3ccccc3)ccc1C2)/c1ccccc1. The van der Waals surface area contributed by atoms with Crippen molar-refractivity contribution in [3.63, 3.8) is 0 Å². The van der Waals surface area contributed by atoms with E-state index >= 15 is 0 Å². The zero-order valence-corrected chi connectivity index (χ0v) is 16.3. The summed E-state index contributed by atoms with van der Waals surface area (Å²) in [4.78, 5) is 0. The third kappa shape index (κ3) is 3.83. The fourth-order valence-corrected chi connectivity index (χ4v) is 3.92. The fourth-order valence-electron chi connectivity index (χ4n) is 3.92. The van der Waals surface area contributed by atoms with E-state index in [1.54, 1.807) is 0 Å². The van der Waals surface area contributed by atoms with Crippen LogP contribution in [0.15, 0.2) is 97.1 Å². The lowest BCUT2D eigenvalue weighted by atomic mass is 10.00. The summed E-state index contributed by atoms with van der Waals surface area (Å²) < 4.78 is 0. The van der Waals surface area contributed by atoms with Gasteiger partial charge < -0.3 is 0 Å². The molecule has 0 fully saturated rings. The quantitative estimate of drug-likeness (QED) is 0.286. The van der Waals surface area contributed by atoms with Crippen LogP contribution in [-0.2, 0) is 6.42 Å². The van der Waals surface area contributed by atoms with Crippen LogP contribution in [0.5, 0.6) is 0 Å². The summed E-state index contributed by atoms with van der Waals surface area (Å²) in [5, 5.41) is 0. The Balaban J connectivity index is 1.44. The maximum Gasteiger partial charge on any atom is -0.00134 e. The van der Waals surface area contributed by atoms with Crippen molar-refractivity contribution in [3.8, 4) is 11.1 Å². The maximum absolute atomic E-state index is 2.32. The molecule has 1 aliphatic carbocycles. The third-order valence-electron chi connectivity index (χ3n) is 5.47. The normalized spacial score (nSPS) is 12.4. The van der Waals surface area contributed by atoms with Crippen molar-refractivity contribution < 1.29 is 0 Å². The summed E-state index contributed by atoms with van der Waals surface area (Å²) in [6, 6.07) is 34.6. The highest BCUT2D eigenvalue weighted by atomic mass is 14.2. The number of rotatable bonds is 4. The second-order valence-electron chi connectivity index (χ2n) is 7.50. The largest absolute Gasteiger partial charge is 0.0622 e. The number of benzene rings is 4. The fraction of sp³-hybridized carbons (Fsp3) is 0.0345. The van der Waals surface area contributed by atoms with E-state index in [1.165, 1.54) is 44.5 Å². The van der Waals surface area contributed by atoms with E-state index < -0.39 is 0 Å². The summed E-state index contributed by atoms with van der Waals surface area (Å²) in [6.07, 6.45) is 9.78. The Morgan fingerprint density at radius 3 is 1.28 bits per heavy atom. The Morgan fingerprint density at radius 1 is 0.414 bits per heavy atom. The smallest absolute Gasteiger partial charge is 0.00134 e. The third-order valence-corrected chi connectivity index (χ3v) is 5.47. The summed E-state index contributed by atoms with van der Waals surface area (Å²) in [5.74, 6) is 0. The molecule has 0 heteroatoms. The minimum atomic E-state index is 1.02. The van der Waals surface area contributed by atoms with Crippen molar-refractivity contribution in [3.05, 3.63) is 130 Å². The van der Waals surface area contributed by atoms with Gasteiger partial charge in [-0.2, -0.15) is 0 Å². The molecule has 0 nitrogen and oxygen atoms in total. The molecule has 1 aliphatic rings. The molecule has 5 rings (SSSR count). The maximum atomic E-state index is 2.32. The van der Waals surface area contributed by atoms with Crippen molar-refractivity contribution >= 4 is 24.3 Å². The predicted molar refractivity (Wildman–Crippen MR) is 125 cm³/mol. The second-order valence-corrected chi connectivity index (χ2v) is 7.50. The van der Waals surface area contributed by atoms with Crippen molar-refractivity contribution in [2.45, 2.75) is 6.42 Å². The Bertz CT molecular complexity index is 1100. The average molecular weight is 370 g/mol. The molecule has 0 saturated carbocycles. The molecule has 29 heavy (non-hydrogen) atoms. The molecule has 4 aromatic carbocycles. The molecule has 0 unspecified atom stereocenters. The first-order valence-electron chi connectivity index (χ1n) is 10.1. The summed E-state index contributed by atoms with van der Waals surface area (Å²) in [7, 11) is 0. The highest BCUT2D eigenvalue weighted by Gasteiger charge is 2.18. The molecule has 0 atom stereocenters. The lowest BCUT2D eigenvalue weighted by Gasteiger charge is -2.04.